The molecule has 4 N–H and O–H groups in total. The topological polar surface area (TPSA) is 67.2 Å². The Morgan fingerprint density at radius 3 is 2.67 bits per heavy atom. The molecule has 1 aliphatic rings. The van der Waals surface area contributed by atoms with E-state index in [1.54, 1.807) is 0 Å². The Balaban J connectivity index is 1.76. The minimum Gasteiger partial charge on any atom is -0.338 e. The molecule has 3 unspecified atom stereocenters. The largest absolute Gasteiger partial charge is 0.338 e. The fraction of sp³-hybridized carbons (Fsp3) is 0.588. The lowest BCUT2D eigenvalue weighted by atomic mass is 9.82. The second-order valence-electron chi connectivity index (χ2n) is 6.38. The normalized spacial score (nSPS) is 23.4. The van der Waals surface area contributed by atoms with Crippen molar-refractivity contribution in [1.82, 2.24) is 5.32 Å². The van der Waals surface area contributed by atoms with Crippen molar-refractivity contribution in [1.29, 1.82) is 0 Å². The van der Waals surface area contributed by atoms with E-state index in [9.17, 15) is 4.79 Å². The molecule has 4 heteroatoms. The average molecular weight is 289 g/mol. The van der Waals surface area contributed by atoms with Gasteiger partial charge in [-0.3, -0.25) is 0 Å². The number of rotatable bonds is 4. The smallest absolute Gasteiger partial charge is 0.319 e. The predicted octanol–water partition coefficient (Wildman–Crippen LogP) is 3.65. The summed E-state index contributed by atoms with van der Waals surface area (Å²) in [5, 5.41) is 5.85. The van der Waals surface area contributed by atoms with Gasteiger partial charge in [-0.05, 0) is 49.3 Å². The van der Waals surface area contributed by atoms with Crippen LogP contribution in [0.2, 0.25) is 0 Å². The number of carbonyl (C=O) groups excluding carboxylic acids is 1. The van der Waals surface area contributed by atoms with Gasteiger partial charge in [0.25, 0.3) is 0 Å². The molecule has 2 amide bonds. The molecule has 1 aliphatic carbocycles. The van der Waals surface area contributed by atoms with Crippen LogP contribution in [0.15, 0.2) is 24.3 Å². The molecule has 1 aromatic carbocycles. The number of nitrogens with one attached hydrogen (secondary N) is 2. The SMILES string of the molecule is CC1CCCC(CNC(=O)Nc2ccc(C(C)N)cc2)C1. The molecule has 0 spiro atoms. The molecular weight excluding hydrogens is 262 g/mol. The van der Waals surface area contributed by atoms with Crippen LogP contribution in [0.25, 0.3) is 0 Å². The van der Waals surface area contributed by atoms with Crippen LogP contribution < -0.4 is 16.4 Å². The molecule has 1 aromatic rings. The molecule has 0 radical (unpaired) electrons. The van der Waals surface area contributed by atoms with Crippen LogP contribution in [0.1, 0.15) is 51.1 Å². The molecule has 116 valence electrons. The van der Waals surface area contributed by atoms with E-state index in [2.05, 4.69) is 17.6 Å². The summed E-state index contributed by atoms with van der Waals surface area (Å²) >= 11 is 0. The van der Waals surface area contributed by atoms with Crippen LogP contribution in [-0.2, 0) is 0 Å². The van der Waals surface area contributed by atoms with Crippen molar-refractivity contribution >= 4 is 11.7 Å². The molecule has 2 rings (SSSR count). The maximum Gasteiger partial charge on any atom is 0.319 e. The molecule has 0 heterocycles. The Morgan fingerprint density at radius 1 is 1.33 bits per heavy atom. The second kappa shape index (κ2) is 7.46. The summed E-state index contributed by atoms with van der Waals surface area (Å²) in [6, 6.07) is 7.57. The van der Waals surface area contributed by atoms with E-state index in [4.69, 9.17) is 5.73 Å². The summed E-state index contributed by atoms with van der Waals surface area (Å²) in [7, 11) is 0. The van der Waals surface area contributed by atoms with Gasteiger partial charge in [-0.1, -0.05) is 31.9 Å². The first-order valence-corrected chi connectivity index (χ1v) is 7.95. The number of hydrogen-bond acceptors (Lipinski definition) is 2. The van der Waals surface area contributed by atoms with Crippen molar-refractivity contribution in [3.63, 3.8) is 0 Å². The third-order valence-electron chi connectivity index (χ3n) is 4.29. The van der Waals surface area contributed by atoms with Crippen LogP contribution in [0.3, 0.4) is 0 Å². The number of nitrogens with two attached hydrogens (primary N) is 1. The van der Waals surface area contributed by atoms with Crippen LogP contribution >= 0.6 is 0 Å². The molecule has 1 fully saturated rings. The van der Waals surface area contributed by atoms with Gasteiger partial charge in [-0.2, -0.15) is 0 Å². The first kappa shape index (κ1) is 15.8. The fourth-order valence-electron chi connectivity index (χ4n) is 3.03. The van der Waals surface area contributed by atoms with Gasteiger partial charge in [0.15, 0.2) is 0 Å². The second-order valence-corrected chi connectivity index (χ2v) is 6.38. The third kappa shape index (κ3) is 5.05. The Morgan fingerprint density at radius 2 is 2.05 bits per heavy atom. The maximum atomic E-state index is 11.9. The van der Waals surface area contributed by atoms with Gasteiger partial charge in [0, 0.05) is 18.3 Å². The number of amides is 2. The van der Waals surface area contributed by atoms with Crippen molar-refractivity contribution < 1.29 is 4.79 Å². The highest BCUT2D eigenvalue weighted by Crippen LogP contribution is 2.27. The van der Waals surface area contributed by atoms with Gasteiger partial charge < -0.3 is 16.4 Å². The first-order chi connectivity index (χ1) is 10.0. The Kier molecular flexibility index (Phi) is 5.62. The highest BCUT2D eigenvalue weighted by atomic mass is 16.2. The molecule has 0 aromatic heterocycles. The number of benzene rings is 1. The van der Waals surface area contributed by atoms with E-state index in [0.29, 0.717) is 5.92 Å². The van der Waals surface area contributed by atoms with Crippen LogP contribution in [0.4, 0.5) is 10.5 Å². The van der Waals surface area contributed by atoms with E-state index in [1.807, 2.05) is 31.2 Å². The Labute approximate surface area is 127 Å². The number of urea groups is 1. The zero-order valence-electron chi connectivity index (χ0n) is 13.1. The van der Waals surface area contributed by atoms with E-state index < -0.39 is 0 Å². The molecule has 4 nitrogen and oxygen atoms in total. The van der Waals surface area contributed by atoms with Gasteiger partial charge in [0.2, 0.25) is 0 Å². The molecule has 3 atom stereocenters. The highest BCUT2D eigenvalue weighted by Gasteiger charge is 2.19. The summed E-state index contributed by atoms with van der Waals surface area (Å²) in [6.07, 6.45) is 5.07. The lowest BCUT2D eigenvalue weighted by Crippen LogP contribution is -2.34. The quantitative estimate of drug-likeness (QED) is 0.792. The monoisotopic (exact) mass is 289 g/mol. The Bertz CT molecular complexity index is 456. The molecule has 1 saturated carbocycles. The average Bonchev–Trinajstić information content (AvgIpc) is 2.46. The number of anilines is 1. The lowest BCUT2D eigenvalue weighted by molar-refractivity contribution is 0.241. The summed E-state index contributed by atoms with van der Waals surface area (Å²) in [6.45, 7) is 5.01. The van der Waals surface area contributed by atoms with E-state index in [1.165, 1.54) is 25.7 Å². The highest BCUT2D eigenvalue weighted by molar-refractivity contribution is 5.89. The van der Waals surface area contributed by atoms with Crippen molar-refractivity contribution in [2.75, 3.05) is 11.9 Å². The number of carbonyl (C=O) groups is 1. The first-order valence-electron chi connectivity index (χ1n) is 7.95. The fourth-order valence-corrected chi connectivity index (χ4v) is 3.03. The van der Waals surface area contributed by atoms with Gasteiger partial charge in [0.05, 0.1) is 0 Å². The van der Waals surface area contributed by atoms with Crippen LogP contribution in [-0.4, -0.2) is 12.6 Å². The van der Waals surface area contributed by atoms with Gasteiger partial charge in [0.1, 0.15) is 0 Å². The lowest BCUT2D eigenvalue weighted by Gasteiger charge is -2.26. The molecule has 0 bridgehead atoms. The third-order valence-corrected chi connectivity index (χ3v) is 4.29. The summed E-state index contributed by atoms with van der Waals surface area (Å²) in [5.41, 5.74) is 7.67. The molecular formula is C17H27N3O. The zero-order chi connectivity index (χ0) is 15.2. The molecule has 0 saturated heterocycles. The van der Waals surface area contributed by atoms with Crippen molar-refractivity contribution in [2.24, 2.45) is 17.6 Å². The van der Waals surface area contributed by atoms with Crippen LogP contribution in [0, 0.1) is 11.8 Å². The minimum atomic E-state index is -0.123. The van der Waals surface area contributed by atoms with Gasteiger partial charge in [-0.25, -0.2) is 4.79 Å². The van der Waals surface area contributed by atoms with Gasteiger partial charge >= 0.3 is 6.03 Å². The summed E-state index contributed by atoms with van der Waals surface area (Å²) in [4.78, 5) is 11.9. The molecule has 21 heavy (non-hydrogen) atoms. The van der Waals surface area contributed by atoms with Crippen LogP contribution in [0.5, 0.6) is 0 Å². The van der Waals surface area contributed by atoms with Gasteiger partial charge in [-0.15, -0.1) is 0 Å². The van der Waals surface area contributed by atoms with E-state index in [-0.39, 0.29) is 12.1 Å². The maximum absolute atomic E-state index is 11.9. The minimum absolute atomic E-state index is 0.0150. The summed E-state index contributed by atoms with van der Waals surface area (Å²) < 4.78 is 0. The number of hydrogen-bond donors (Lipinski definition) is 3. The van der Waals surface area contributed by atoms with Crippen molar-refractivity contribution in [3.8, 4) is 0 Å². The summed E-state index contributed by atoms with van der Waals surface area (Å²) in [5.74, 6) is 1.42. The molecule has 0 aliphatic heterocycles. The van der Waals surface area contributed by atoms with E-state index >= 15 is 0 Å². The Hall–Kier alpha value is -1.55. The zero-order valence-corrected chi connectivity index (χ0v) is 13.1. The van der Waals surface area contributed by atoms with E-state index in [0.717, 1.165) is 23.7 Å². The van der Waals surface area contributed by atoms with Crippen molar-refractivity contribution in [3.05, 3.63) is 29.8 Å². The van der Waals surface area contributed by atoms with Crippen molar-refractivity contribution in [2.45, 2.75) is 45.6 Å². The predicted molar refractivity (Wildman–Crippen MR) is 87.2 cm³/mol. The standard InChI is InChI=1S/C17H27N3O/c1-12-4-3-5-14(10-12)11-19-17(21)20-16-8-6-15(7-9-16)13(2)18/h6-9,12-14H,3-5,10-11,18H2,1-2H3,(H2,19,20,21).